The van der Waals surface area contributed by atoms with Crippen molar-refractivity contribution in [1.82, 2.24) is 0 Å². The van der Waals surface area contributed by atoms with E-state index in [0.717, 1.165) is 12.0 Å². The first-order valence-corrected chi connectivity index (χ1v) is 7.61. The monoisotopic (exact) mass is 286 g/mol. The maximum Gasteiger partial charge on any atom is 0.138 e. The molecule has 1 aliphatic heterocycles. The molecule has 21 heavy (non-hydrogen) atoms. The lowest BCUT2D eigenvalue weighted by atomic mass is 9.71. The fraction of sp³-hybridized carbons (Fsp3) is 0.500. The summed E-state index contributed by atoms with van der Waals surface area (Å²) >= 11 is 0. The molecule has 1 aliphatic carbocycles. The molecule has 4 atom stereocenters. The fourth-order valence-corrected chi connectivity index (χ4v) is 3.10. The lowest BCUT2D eigenvalue weighted by Crippen LogP contribution is -2.51. The normalized spacial score (nSPS) is 36.1. The van der Waals surface area contributed by atoms with Crippen LogP contribution in [0.2, 0.25) is 0 Å². The van der Waals surface area contributed by atoms with Crippen molar-refractivity contribution in [2.24, 2.45) is 11.8 Å². The van der Waals surface area contributed by atoms with Crippen molar-refractivity contribution in [2.45, 2.75) is 45.3 Å². The summed E-state index contributed by atoms with van der Waals surface area (Å²) in [5.41, 5.74) is 1.84. The van der Waals surface area contributed by atoms with Crippen LogP contribution in [0.4, 0.5) is 0 Å². The number of Topliss-reactive ketones (excluding diaryl/α,β-unsaturated/α-hetero) is 1. The zero-order valence-corrected chi connectivity index (χ0v) is 12.8. The van der Waals surface area contributed by atoms with Gasteiger partial charge in [-0.05, 0) is 31.9 Å². The largest absolute Gasteiger partial charge is 0.299 e. The Morgan fingerprint density at radius 3 is 2.71 bits per heavy atom. The summed E-state index contributed by atoms with van der Waals surface area (Å²) in [6.07, 6.45) is 5.46. The summed E-state index contributed by atoms with van der Waals surface area (Å²) in [6, 6.07) is 8.33. The maximum absolute atomic E-state index is 12.0. The van der Waals surface area contributed by atoms with Crippen LogP contribution in [0.15, 0.2) is 30.3 Å². The molecule has 112 valence electrons. The Morgan fingerprint density at radius 2 is 2.00 bits per heavy atom. The van der Waals surface area contributed by atoms with Crippen LogP contribution in [-0.4, -0.2) is 17.5 Å². The molecule has 0 radical (unpaired) electrons. The summed E-state index contributed by atoms with van der Waals surface area (Å²) in [6.45, 7) is 6.00. The molecule has 1 aromatic carbocycles. The Kier molecular flexibility index (Phi) is 3.72. The van der Waals surface area contributed by atoms with Crippen LogP contribution in [-0.2, 0) is 14.6 Å². The van der Waals surface area contributed by atoms with Gasteiger partial charge in [0.1, 0.15) is 17.5 Å². The molecule has 0 N–H and O–H groups in total. The number of aryl methyl sites for hydroxylation is 1. The molecule has 3 nitrogen and oxygen atoms in total. The highest BCUT2D eigenvalue weighted by Crippen LogP contribution is 2.42. The number of carbonyl (C=O) groups is 1. The highest BCUT2D eigenvalue weighted by molar-refractivity contribution is 5.82. The van der Waals surface area contributed by atoms with Gasteiger partial charge < -0.3 is 0 Å². The fourth-order valence-electron chi connectivity index (χ4n) is 3.10. The van der Waals surface area contributed by atoms with E-state index in [4.69, 9.17) is 9.78 Å². The maximum atomic E-state index is 12.0. The van der Waals surface area contributed by atoms with Gasteiger partial charge in [0, 0.05) is 18.3 Å². The number of fused-ring (bicyclic) bond motifs is 2. The van der Waals surface area contributed by atoms with Gasteiger partial charge in [0.2, 0.25) is 0 Å². The highest BCUT2D eigenvalue weighted by atomic mass is 17.2. The van der Waals surface area contributed by atoms with E-state index in [1.165, 1.54) is 5.56 Å². The Labute approximate surface area is 125 Å². The molecule has 2 fully saturated rings. The van der Waals surface area contributed by atoms with Crippen molar-refractivity contribution >= 4 is 11.9 Å². The van der Waals surface area contributed by atoms with Crippen LogP contribution in [0.1, 0.15) is 37.8 Å². The van der Waals surface area contributed by atoms with Crippen LogP contribution in [0, 0.1) is 18.8 Å². The number of carbonyl (C=O) groups excluding carboxylic acids is 1. The first-order chi connectivity index (χ1) is 9.98. The summed E-state index contributed by atoms with van der Waals surface area (Å²) in [5.74, 6) is 0.433. The van der Waals surface area contributed by atoms with Crippen LogP contribution in [0.25, 0.3) is 6.08 Å². The molecule has 1 saturated carbocycles. The van der Waals surface area contributed by atoms with Crippen molar-refractivity contribution in [3.05, 3.63) is 41.5 Å². The molecule has 0 aromatic heterocycles. The second-order valence-electron chi connectivity index (χ2n) is 6.54. The van der Waals surface area contributed by atoms with E-state index < -0.39 is 5.60 Å². The molecule has 2 aliphatic rings. The minimum absolute atomic E-state index is 0.0492. The van der Waals surface area contributed by atoms with E-state index in [1.54, 1.807) is 0 Å². The van der Waals surface area contributed by atoms with E-state index >= 15 is 0 Å². The minimum atomic E-state index is -0.531. The third-order valence-corrected chi connectivity index (χ3v) is 4.88. The van der Waals surface area contributed by atoms with Gasteiger partial charge in [-0.25, -0.2) is 9.78 Å². The first kappa shape index (κ1) is 14.5. The summed E-state index contributed by atoms with van der Waals surface area (Å²) in [7, 11) is 0. The topological polar surface area (TPSA) is 35.5 Å². The Balaban J connectivity index is 1.78. The predicted octanol–water partition coefficient (Wildman–Crippen LogP) is 3.71. The molecule has 0 spiro atoms. The van der Waals surface area contributed by atoms with Crippen LogP contribution in [0.3, 0.4) is 0 Å². The summed E-state index contributed by atoms with van der Waals surface area (Å²) < 4.78 is 0. The second-order valence-corrected chi connectivity index (χ2v) is 6.54. The van der Waals surface area contributed by atoms with E-state index in [9.17, 15) is 4.79 Å². The molecular weight excluding hydrogens is 264 g/mol. The van der Waals surface area contributed by atoms with Crippen LogP contribution >= 0.6 is 0 Å². The van der Waals surface area contributed by atoms with Gasteiger partial charge in [0.25, 0.3) is 0 Å². The van der Waals surface area contributed by atoms with E-state index in [0.29, 0.717) is 6.42 Å². The minimum Gasteiger partial charge on any atom is -0.299 e. The van der Waals surface area contributed by atoms with Crippen molar-refractivity contribution in [1.29, 1.82) is 0 Å². The van der Waals surface area contributed by atoms with E-state index in [1.807, 2.05) is 26.0 Å². The van der Waals surface area contributed by atoms with Crippen molar-refractivity contribution in [3.8, 4) is 0 Å². The number of benzene rings is 1. The van der Waals surface area contributed by atoms with Crippen molar-refractivity contribution < 1.29 is 14.6 Å². The van der Waals surface area contributed by atoms with Gasteiger partial charge in [-0.2, -0.15) is 0 Å². The molecule has 0 unspecified atom stereocenters. The molecule has 3 heteroatoms. The van der Waals surface area contributed by atoms with E-state index in [-0.39, 0.29) is 23.7 Å². The highest BCUT2D eigenvalue weighted by Gasteiger charge is 2.48. The quantitative estimate of drug-likeness (QED) is 0.777. The van der Waals surface area contributed by atoms with Crippen LogP contribution < -0.4 is 0 Å². The van der Waals surface area contributed by atoms with Gasteiger partial charge in [0.15, 0.2) is 0 Å². The number of rotatable bonds is 2. The third kappa shape index (κ3) is 2.81. The molecular formula is C18H22O3. The van der Waals surface area contributed by atoms with Crippen molar-refractivity contribution in [3.63, 3.8) is 0 Å². The lowest BCUT2D eigenvalue weighted by Gasteiger charge is -2.45. The standard InChI is InChI=1S/C18H22O3/c1-12-4-6-14(7-5-12)8-9-18(3)15-10-16(19)13(2)17(11-15)20-21-18/h4-9,13,15,17H,10-11H2,1-3H3/b9-8-/t13-,15+,17+,18+/m1/s1. The van der Waals surface area contributed by atoms with Gasteiger partial charge >= 0.3 is 0 Å². The molecule has 1 heterocycles. The van der Waals surface area contributed by atoms with Crippen molar-refractivity contribution in [2.75, 3.05) is 0 Å². The molecule has 2 bridgehead atoms. The van der Waals surface area contributed by atoms with Gasteiger partial charge in [-0.15, -0.1) is 0 Å². The Bertz CT molecular complexity index is 560. The molecule has 3 rings (SSSR count). The van der Waals surface area contributed by atoms with Crippen LogP contribution in [0.5, 0.6) is 0 Å². The zero-order chi connectivity index (χ0) is 15.0. The molecule has 0 amide bonds. The average Bonchev–Trinajstić information content (AvgIpc) is 2.47. The van der Waals surface area contributed by atoms with E-state index in [2.05, 4.69) is 31.2 Å². The predicted molar refractivity (Wildman–Crippen MR) is 81.5 cm³/mol. The Hall–Kier alpha value is -1.45. The van der Waals surface area contributed by atoms with Gasteiger partial charge in [-0.3, -0.25) is 4.79 Å². The Morgan fingerprint density at radius 1 is 1.29 bits per heavy atom. The molecule has 1 saturated heterocycles. The lowest BCUT2D eigenvalue weighted by molar-refractivity contribution is -0.415. The number of ketones is 1. The number of hydrogen-bond acceptors (Lipinski definition) is 3. The SMILES string of the molecule is Cc1ccc(/C=C\[C@]2(C)OO[C@H]3C[C@@H]2CC(=O)[C@H]3C)cc1. The molecule has 1 aromatic rings. The smallest absolute Gasteiger partial charge is 0.138 e. The van der Waals surface area contributed by atoms with Gasteiger partial charge in [0.05, 0.1) is 0 Å². The summed E-state index contributed by atoms with van der Waals surface area (Å²) in [4.78, 5) is 23.2. The third-order valence-electron chi connectivity index (χ3n) is 4.88. The second kappa shape index (κ2) is 5.39. The zero-order valence-electron chi connectivity index (χ0n) is 12.8. The average molecular weight is 286 g/mol. The first-order valence-electron chi connectivity index (χ1n) is 7.61. The number of hydrogen-bond donors (Lipinski definition) is 0. The van der Waals surface area contributed by atoms with Gasteiger partial charge in [-0.1, -0.05) is 42.8 Å². The summed E-state index contributed by atoms with van der Waals surface area (Å²) in [5, 5.41) is 0.